The summed E-state index contributed by atoms with van der Waals surface area (Å²) in [4.78, 5) is 5.94. The lowest BCUT2D eigenvalue weighted by Gasteiger charge is -2.19. The maximum absolute atomic E-state index is 5.94. The van der Waals surface area contributed by atoms with E-state index in [0.29, 0.717) is 12.1 Å². The summed E-state index contributed by atoms with van der Waals surface area (Å²) in [5.74, 6) is 0. The summed E-state index contributed by atoms with van der Waals surface area (Å²) in [5.41, 5.74) is 0. The van der Waals surface area contributed by atoms with Gasteiger partial charge in [0, 0.05) is 12.6 Å². The minimum Gasteiger partial charge on any atom is -0.295 e. The van der Waals surface area contributed by atoms with Crippen LogP contribution in [0.25, 0.3) is 0 Å². The predicted molar refractivity (Wildman–Crippen MR) is 87.8 cm³/mol. The molecule has 0 radical (unpaired) electrons. The average Bonchev–Trinajstić information content (AvgIpc) is 2.90. The first-order chi connectivity index (χ1) is 9.74. The third kappa shape index (κ3) is 8.26. The highest BCUT2D eigenvalue weighted by Crippen LogP contribution is 2.21. The van der Waals surface area contributed by atoms with Crippen molar-refractivity contribution in [1.29, 1.82) is 0 Å². The van der Waals surface area contributed by atoms with Crippen LogP contribution in [0, 0.1) is 0 Å². The smallest absolute Gasteiger partial charge is 0.0806 e. The second kappa shape index (κ2) is 11.6. The van der Waals surface area contributed by atoms with Crippen molar-refractivity contribution >= 4 is 0 Å². The molecular formula is C18H37NO. The molecule has 1 atom stereocenters. The Kier molecular flexibility index (Phi) is 10.4. The topological polar surface area (TPSA) is 12.5 Å². The van der Waals surface area contributed by atoms with Crippen molar-refractivity contribution in [2.24, 2.45) is 0 Å². The van der Waals surface area contributed by atoms with E-state index in [1.165, 1.54) is 77.0 Å². The number of rotatable bonds is 12. The minimum absolute atomic E-state index is 0.506. The lowest BCUT2D eigenvalue weighted by atomic mass is 10.0. The van der Waals surface area contributed by atoms with Gasteiger partial charge >= 0.3 is 0 Å². The highest BCUT2D eigenvalue weighted by atomic mass is 16.7. The first-order valence-corrected chi connectivity index (χ1v) is 9.17. The molecule has 1 heterocycles. The van der Waals surface area contributed by atoms with Crippen molar-refractivity contribution in [1.82, 2.24) is 5.06 Å². The van der Waals surface area contributed by atoms with Crippen LogP contribution in [0.2, 0.25) is 0 Å². The van der Waals surface area contributed by atoms with Gasteiger partial charge in [-0.25, -0.2) is 0 Å². The molecule has 0 bridgehead atoms. The second-order valence-electron chi connectivity index (χ2n) is 6.72. The van der Waals surface area contributed by atoms with Crippen molar-refractivity contribution in [2.75, 3.05) is 6.54 Å². The largest absolute Gasteiger partial charge is 0.295 e. The van der Waals surface area contributed by atoms with Crippen molar-refractivity contribution in [2.45, 2.75) is 110 Å². The number of hydrogen-bond acceptors (Lipinski definition) is 2. The molecule has 1 saturated heterocycles. The van der Waals surface area contributed by atoms with Gasteiger partial charge in [-0.2, -0.15) is 5.06 Å². The Morgan fingerprint density at radius 1 is 0.900 bits per heavy atom. The minimum atomic E-state index is 0.506. The first-order valence-electron chi connectivity index (χ1n) is 9.17. The molecule has 1 fully saturated rings. The van der Waals surface area contributed by atoms with E-state index in [1.807, 2.05) is 0 Å². The maximum Gasteiger partial charge on any atom is 0.0806 e. The summed E-state index contributed by atoms with van der Waals surface area (Å²) < 4.78 is 0. The van der Waals surface area contributed by atoms with E-state index in [-0.39, 0.29) is 0 Å². The summed E-state index contributed by atoms with van der Waals surface area (Å²) in [5, 5.41) is 2.15. The molecule has 1 aliphatic rings. The van der Waals surface area contributed by atoms with Gasteiger partial charge in [-0.1, -0.05) is 71.1 Å². The van der Waals surface area contributed by atoms with Gasteiger partial charge in [0.25, 0.3) is 0 Å². The first kappa shape index (κ1) is 18.0. The van der Waals surface area contributed by atoms with E-state index in [9.17, 15) is 0 Å². The van der Waals surface area contributed by atoms with Crippen LogP contribution in [0.3, 0.4) is 0 Å². The molecule has 1 aliphatic heterocycles. The van der Waals surface area contributed by atoms with E-state index in [4.69, 9.17) is 4.84 Å². The Morgan fingerprint density at radius 3 is 1.95 bits per heavy atom. The second-order valence-corrected chi connectivity index (χ2v) is 6.72. The highest BCUT2D eigenvalue weighted by Gasteiger charge is 2.24. The standard InChI is InChI=1S/C18H37NO/c1-4-5-6-7-8-9-10-11-12-13-14-18-15-16-19(20-18)17(2)3/h17-18H,4-16H2,1-3H3. The zero-order chi connectivity index (χ0) is 14.6. The highest BCUT2D eigenvalue weighted by molar-refractivity contribution is 4.68. The third-order valence-corrected chi connectivity index (χ3v) is 4.41. The van der Waals surface area contributed by atoms with Gasteiger partial charge in [-0.05, 0) is 26.7 Å². The molecule has 0 aromatic carbocycles. The van der Waals surface area contributed by atoms with Crippen LogP contribution in [0.15, 0.2) is 0 Å². The molecule has 1 unspecified atom stereocenters. The van der Waals surface area contributed by atoms with E-state index in [1.54, 1.807) is 0 Å². The molecule has 0 amide bonds. The van der Waals surface area contributed by atoms with Gasteiger partial charge in [0.15, 0.2) is 0 Å². The van der Waals surface area contributed by atoms with E-state index in [0.717, 1.165) is 6.54 Å². The fraction of sp³-hybridized carbons (Fsp3) is 1.00. The fourth-order valence-electron chi connectivity index (χ4n) is 3.00. The molecule has 2 heteroatoms. The molecule has 2 nitrogen and oxygen atoms in total. The van der Waals surface area contributed by atoms with Crippen molar-refractivity contribution < 1.29 is 4.84 Å². The number of hydroxylamine groups is 2. The van der Waals surface area contributed by atoms with Crippen LogP contribution in [-0.2, 0) is 4.84 Å². The molecule has 0 aliphatic carbocycles. The lowest BCUT2D eigenvalue weighted by molar-refractivity contribution is -0.166. The summed E-state index contributed by atoms with van der Waals surface area (Å²) in [6.07, 6.45) is 17.2. The van der Waals surface area contributed by atoms with Gasteiger partial charge in [0.2, 0.25) is 0 Å². The molecule has 1 rings (SSSR count). The molecule has 0 aromatic heterocycles. The predicted octanol–water partition coefficient (Wildman–Crippen LogP) is 5.71. The van der Waals surface area contributed by atoms with Crippen LogP contribution in [-0.4, -0.2) is 23.8 Å². The van der Waals surface area contributed by atoms with E-state index in [2.05, 4.69) is 25.8 Å². The van der Waals surface area contributed by atoms with E-state index >= 15 is 0 Å². The van der Waals surface area contributed by atoms with Gasteiger partial charge < -0.3 is 0 Å². The number of nitrogens with zero attached hydrogens (tertiary/aromatic N) is 1. The number of unbranched alkanes of at least 4 members (excludes halogenated alkanes) is 9. The van der Waals surface area contributed by atoms with Gasteiger partial charge in [0.05, 0.1) is 6.10 Å². The maximum atomic E-state index is 5.94. The number of hydrogen-bond donors (Lipinski definition) is 0. The lowest BCUT2D eigenvalue weighted by Crippen LogP contribution is -2.27. The Hall–Kier alpha value is -0.0800. The molecule has 120 valence electrons. The fourth-order valence-corrected chi connectivity index (χ4v) is 3.00. The molecule has 0 spiro atoms. The summed E-state index contributed by atoms with van der Waals surface area (Å²) in [6.45, 7) is 7.83. The zero-order valence-corrected chi connectivity index (χ0v) is 14.2. The van der Waals surface area contributed by atoms with Gasteiger partial charge in [-0.3, -0.25) is 4.84 Å². The van der Waals surface area contributed by atoms with Crippen molar-refractivity contribution in [3.8, 4) is 0 Å². The molecule has 0 saturated carbocycles. The van der Waals surface area contributed by atoms with Crippen molar-refractivity contribution in [3.05, 3.63) is 0 Å². The SMILES string of the molecule is CCCCCCCCCCCCC1CCN(C(C)C)O1. The van der Waals surface area contributed by atoms with Crippen LogP contribution < -0.4 is 0 Å². The normalized spacial score (nSPS) is 20.1. The zero-order valence-electron chi connectivity index (χ0n) is 14.2. The molecule has 0 N–H and O–H groups in total. The Balaban J connectivity index is 1.81. The summed E-state index contributed by atoms with van der Waals surface area (Å²) >= 11 is 0. The Morgan fingerprint density at radius 2 is 1.45 bits per heavy atom. The van der Waals surface area contributed by atoms with Gasteiger partial charge in [0.1, 0.15) is 0 Å². The Bertz CT molecular complexity index is 217. The van der Waals surface area contributed by atoms with Crippen molar-refractivity contribution in [3.63, 3.8) is 0 Å². The molecule has 20 heavy (non-hydrogen) atoms. The van der Waals surface area contributed by atoms with Gasteiger partial charge in [-0.15, -0.1) is 0 Å². The average molecular weight is 284 g/mol. The third-order valence-electron chi connectivity index (χ3n) is 4.41. The van der Waals surface area contributed by atoms with Crippen LogP contribution in [0.4, 0.5) is 0 Å². The summed E-state index contributed by atoms with van der Waals surface area (Å²) in [7, 11) is 0. The molecular weight excluding hydrogens is 246 g/mol. The quantitative estimate of drug-likeness (QED) is 0.425. The van der Waals surface area contributed by atoms with Crippen LogP contribution >= 0.6 is 0 Å². The van der Waals surface area contributed by atoms with Crippen LogP contribution in [0.5, 0.6) is 0 Å². The van der Waals surface area contributed by atoms with E-state index < -0.39 is 0 Å². The monoisotopic (exact) mass is 283 g/mol. The Labute approximate surface area is 127 Å². The summed E-state index contributed by atoms with van der Waals surface area (Å²) in [6, 6.07) is 0.535. The van der Waals surface area contributed by atoms with Crippen LogP contribution in [0.1, 0.15) is 97.8 Å². The molecule has 0 aromatic rings.